The van der Waals surface area contributed by atoms with Crippen molar-refractivity contribution in [3.05, 3.63) is 71.7 Å². The molecule has 190 valence electrons. The summed E-state index contributed by atoms with van der Waals surface area (Å²) < 4.78 is 15.8. The number of urea groups is 1. The smallest absolute Gasteiger partial charge is 0.318 e. The van der Waals surface area contributed by atoms with Gasteiger partial charge in [-0.25, -0.2) is 9.18 Å². The largest absolute Gasteiger partial charge is 0.336 e. The Balaban J connectivity index is 1.37. The van der Waals surface area contributed by atoms with Gasteiger partial charge in [-0.15, -0.1) is 0 Å². The molecule has 3 heterocycles. The summed E-state index contributed by atoms with van der Waals surface area (Å²) in [5.41, 5.74) is 6.07. The van der Waals surface area contributed by atoms with Crippen molar-refractivity contribution in [3.63, 3.8) is 0 Å². The van der Waals surface area contributed by atoms with E-state index >= 15 is 0 Å². The maximum Gasteiger partial charge on any atom is 0.318 e. The van der Waals surface area contributed by atoms with E-state index in [0.29, 0.717) is 5.92 Å². The third-order valence-corrected chi connectivity index (χ3v) is 7.69. The van der Waals surface area contributed by atoms with Crippen LogP contribution in [0.3, 0.4) is 0 Å². The van der Waals surface area contributed by atoms with E-state index < -0.39 is 0 Å². The van der Waals surface area contributed by atoms with Crippen LogP contribution in [0.4, 0.5) is 9.18 Å². The molecule has 2 aliphatic rings. The summed E-state index contributed by atoms with van der Waals surface area (Å²) in [5.74, 6) is 0.219. The molecule has 6 heteroatoms. The molecule has 1 atom stereocenters. The SMILES string of the molecule is CC(C)c1ccc2c(C3=CCN(CCC4CNC(=O)N4C(C)C)CC3)cn(-c3ccc(F)cc3)c2c1. The molecule has 36 heavy (non-hydrogen) atoms. The van der Waals surface area contributed by atoms with E-state index in [-0.39, 0.29) is 23.9 Å². The van der Waals surface area contributed by atoms with Crippen LogP contribution in [0.2, 0.25) is 0 Å². The molecule has 3 aromatic rings. The lowest BCUT2D eigenvalue weighted by molar-refractivity contribution is 0.174. The fourth-order valence-corrected chi connectivity index (χ4v) is 5.62. The Morgan fingerprint density at radius 3 is 2.53 bits per heavy atom. The van der Waals surface area contributed by atoms with Crippen molar-refractivity contribution < 1.29 is 9.18 Å². The molecule has 0 saturated carbocycles. The number of carbonyl (C=O) groups excluding carboxylic acids is 1. The average molecular weight is 489 g/mol. The van der Waals surface area contributed by atoms with Crippen LogP contribution < -0.4 is 5.32 Å². The first-order chi connectivity index (χ1) is 17.3. The molecule has 2 aliphatic heterocycles. The predicted octanol–water partition coefficient (Wildman–Crippen LogP) is 6.17. The molecular weight excluding hydrogens is 451 g/mol. The number of hydrogen-bond acceptors (Lipinski definition) is 2. The second-order valence-electron chi connectivity index (χ2n) is 10.7. The molecule has 2 amide bonds. The average Bonchev–Trinajstić information content (AvgIpc) is 3.43. The van der Waals surface area contributed by atoms with Crippen molar-refractivity contribution in [1.82, 2.24) is 19.7 Å². The molecule has 0 bridgehead atoms. The third kappa shape index (κ3) is 4.79. The maximum absolute atomic E-state index is 13.6. The highest BCUT2D eigenvalue weighted by Crippen LogP contribution is 2.34. The van der Waals surface area contributed by atoms with Gasteiger partial charge < -0.3 is 14.8 Å². The second-order valence-corrected chi connectivity index (χ2v) is 10.7. The van der Waals surface area contributed by atoms with E-state index in [1.165, 1.54) is 39.7 Å². The molecule has 5 nitrogen and oxygen atoms in total. The van der Waals surface area contributed by atoms with Crippen molar-refractivity contribution in [1.29, 1.82) is 0 Å². The quantitative estimate of drug-likeness (QED) is 0.432. The zero-order valence-electron chi connectivity index (χ0n) is 21.8. The normalized spacial score (nSPS) is 19.0. The molecule has 0 aliphatic carbocycles. The van der Waals surface area contributed by atoms with Crippen LogP contribution in [-0.4, -0.2) is 58.7 Å². The van der Waals surface area contributed by atoms with Gasteiger partial charge in [0.25, 0.3) is 0 Å². The monoisotopic (exact) mass is 488 g/mol. The Hall–Kier alpha value is -3.12. The van der Waals surface area contributed by atoms with Gasteiger partial charge in [0.2, 0.25) is 0 Å². The number of fused-ring (bicyclic) bond motifs is 1. The van der Waals surface area contributed by atoms with E-state index in [4.69, 9.17) is 0 Å². The topological polar surface area (TPSA) is 40.5 Å². The summed E-state index contributed by atoms with van der Waals surface area (Å²) in [6.07, 6.45) is 6.56. The number of carbonyl (C=O) groups is 1. The van der Waals surface area contributed by atoms with Crippen molar-refractivity contribution in [3.8, 4) is 5.69 Å². The highest BCUT2D eigenvalue weighted by Gasteiger charge is 2.32. The van der Waals surface area contributed by atoms with E-state index in [0.717, 1.165) is 44.7 Å². The highest BCUT2D eigenvalue weighted by atomic mass is 19.1. The van der Waals surface area contributed by atoms with Gasteiger partial charge in [-0.05, 0) is 74.1 Å². The lowest BCUT2D eigenvalue weighted by atomic mass is 9.96. The fourth-order valence-electron chi connectivity index (χ4n) is 5.62. The van der Waals surface area contributed by atoms with Crippen molar-refractivity contribution in [2.45, 2.75) is 58.5 Å². The number of hydrogen-bond donors (Lipinski definition) is 1. The number of amides is 2. The molecule has 1 saturated heterocycles. The summed E-state index contributed by atoms with van der Waals surface area (Å²) in [7, 11) is 0. The van der Waals surface area contributed by atoms with Crippen LogP contribution in [0.1, 0.15) is 57.6 Å². The molecule has 1 aromatic heterocycles. The number of nitrogens with one attached hydrogen (secondary N) is 1. The molecule has 5 rings (SSSR count). The molecule has 2 aromatic carbocycles. The predicted molar refractivity (Wildman–Crippen MR) is 145 cm³/mol. The number of aromatic nitrogens is 1. The van der Waals surface area contributed by atoms with Gasteiger partial charge in [0.1, 0.15) is 5.82 Å². The van der Waals surface area contributed by atoms with Gasteiger partial charge in [-0.3, -0.25) is 4.90 Å². The molecule has 0 spiro atoms. The number of rotatable bonds is 7. The van der Waals surface area contributed by atoms with Gasteiger partial charge >= 0.3 is 6.03 Å². The van der Waals surface area contributed by atoms with Gasteiger partial charge in [0.15, 0.2) is 0 Å². The second kappa shape index (κ2) is 10.1. The third-order valence-electron chi connectivity index (χ3n) is 7.69. The molecule has 1 N–H and O–H groups in total. The first-order valence-electron chi connectivity index (χ1n) is 13.2. The van der Waals surface area contributed by atoms with Gasteiger partial charge in [-0.2, -0.15) is 0 Å². The lowest BCUT2D eigenvalue weighted by Gasteiger charge is -2.31. The van der Waals surface area contributed by atoms with E-state index in [2.05, 4.69) is 73.0 Å². The fraction of sp³-hybridized carbons (Fsp3) is 0.433. The molecular formula is C30H37FN4O. The summed E-state index contributed by atoms with van der Waals surface area (Å²) >= 11 is 0. The first kappa shape index (κ1) is 24.6. The van der Waals surface area contributed by atoms with Crippen LogP contribution in [0, 0.1) is 5.82 Å². The number of halogens is 1. The Morgan fingerprint density at radius 2 is 1.86 bits per heavy atom. The van der Waals surface area contributed by atoms with Crippen molar-refractivity contribution in [2.75, 3.05) is 26.2 Å². The molecule has 1 fully saturated rings. The van der Waals surface area contributed by atoms with E-state index in [9.17, 15) is 9.18 Å². The van der Waals surface area contributed by atoms with Gasteiger partial charge in [-0.1, -0.05) is 32.1 Å². The Kier molecular flexibility index (Phi) is 6.89. The van der Waals surface area contributed by atoms with Gasteiger partial charge in [0, 0.05) is 55.1 Å². The molecule has 0 radical (unpaired) electrons. The Bertz CT molecular complexity index is 1270. The maximum atomic E-state index is 13.6. The molecule has 1 unspecified atom stereocenters. The summed E-state index contributed by atoms with van der Waals surface area (Å²) in [4.78, 5) is 16.6. The summed E-state index contributed by atoms with van der Waals surface area (Å²) in [6, 6.07) is 14.1. The zero-order valence-corrected chi connectivity index (χ0v) is 21.8. The van der Waals surface area contributed by atoms with Crippen molar-refractivity contribution in [2.24, 2.45) is 0 Å². The standard InChI is InChI=1S/C30H37FN4O/c1-20(2)23-5-10-27-28(19-34(29(27)17-23)25-8-6-24(31)7-9-25)22-11-14-33(15-12-22)16-13-26-18-32-30(36)35(26)21(3)4/h5-11,17,19-21,26H,12-16,18H2,1-4H3,(H,32,36). The van der Waals surface area contributed by atoms with E-state index in [1.807, 2.05) is 17.0 Å². The minimum absolute atomic E-state index is 0.0639. The van der Waals surface area contributed by atoms with Crippen molar-refractivity contribution >= 4 is 22.5 Å². The van der Waals surface area contributed by atoms with Crippen LogP contribution in [-0.2, 0) is 0 Å². The number of benzene rings is 2. The minimum atomic E-state index is -0.220. The van der Waals surface area contributed by atoms with Crippen LogP contribution in [0.5, 0.6) is 0 Å². The van der Waals surface area contributed by atoms with Crippen LogP contribution >= 0.6 is 0 Å². The summed E-state index contributed by atoms with van der Waals surface area (Å²) in [6.45, 7) is 12.2. The Labute approximate surface area is 213 Å². The number of nitrogens with zero attached hydrogens (tertiary/aromatic N) is 3. The zero-order chi connectivity index (χ0) is 25.4. The summed E-state index contributed by atoms with van der Waals surface area (Å²) in [5, 5.41) is 4.24. The van der Waals surface area contributed by atoms with Gasteiger partial charge in [0.05, 0.1) is 11.6 Å². The minimum Gasteiger partial charge on any atom is -0.336 e. The van der Waals surface area contributed by atoms with E-state index in [1.54, 1.807) is 0 Å². The first-order valence-corrected chi connectivity index (χ1v) is 13.2. The highest BCUT2D eigenvalue weighted by molar-refractivity contribution is 5.95. The lowest BCUT2D eigenvalue weighted by Crippen LogP contribution is -2.41. The Morgan fingerprint density at radius 1 is 1.08 bits per heavy atom. The van der Waals surface area contributed by atoms with Crippen LogP contribution in [0.25, 0.3) is 22.2 Å². The van der Waals surface area contributed by atoms with Crippen LogP contribution in [0.15, 0.2) is 54.7 Å².